The summed E-state index contributed by atoms with van der Waals surface area (Å²) >= 11 is 12.2. The van der Waals surface area contributed by atoms with Gasteiger partial charge < -0.3 is 5.32 Å². The molecule has 3 aromatic carbocycles. The van der Waals surface area contributed by atoms with Crippen molar-refractivity contribution in [3.8, 4) is 16.9 Å². The molecular weight excluding hydrogens is 599 g/mol. The van der Waals surface area contributed by atoms with Crippen molar-refractivity contribution in [2.75, 3.05) is 5.32 Å². The maximum Gasteiger partial charge on any atom is 0.254 e. The van der Waals surface area contributed by atoms with E-state index in [0.717, 1.165) is 16.7 Å². The van der Waals surface area contributed by atoms with Crippen LogP contribution in [0.3, 0.4) is 0 Å². The summed E-state index contributed by atoms with van der Waals surface area (Å²) in [6, 6.07) is 20.1. The number of nitrogens with one attached hydrogen (secondary N) is 1. The highest BCUT2D eigenvalue weighted by Gasteiger charge is 2.27. The number of anilines is 1. The zero-order chi connectivity index (χ0) is 29.4. The fourth-order valence-electron chi connectivity index (χ4n) is 4.97. The second-order valence-electron chi connectivity index (χ2n) is 9.94. The number of carbonyl (C=O) groups is 1. The molecule has 0 saturated heterocycles. The smallest absolute Gasteiger partial charge is 0.254 e. The lowest BCUT2D eigenvalue weighted by molar-refractivity contribution is -0.119. The van der Waals surface area contributed by atoms with Crippen LogP contribution in [-0.2, 0) is 22.7 Å². The highest BCUT2D eigenvalue weighted by Crippen LogP contribution is 2.52. The number of hydrogen-bond acceptors (Lipinski definition) is 7. The first kappa shape index (κ1) is 28.1. The number of carbonyl (C=O) groups excluding carboxylic acids is 1. The summed E-state index contributed by atoms with van der Waals surface area (Å²) in [5, 5.41) is 11.4. The third-order valence-electron chi connectivity index (χ3n) is 6.94. The minimum Gasteiger partial charge on any atom is -0.324 e. The minimum absolute atomic E-state index is 0.149. The number of fused-ring (bicyclic) bond motifs is 1. The number of aromatic nitrogens is 5. The first-order valence-corrected chi connectivity index (χ1v) is 15.5. The van der Waals surface area contributed by atoms with Gasteiger partial charge in [-0.15, -0.1) is 5.10 Å². The van der Waals surface area contributed by atoms with E-state index in [0.29, 0.717) is 27.7 Å². The topological polar surface area (TPSA) is 135 Å². The summed E-state index contributed by atoms with van der Waals surface area (Å²) in [5.41, 5.74) is 3.97. The van der Waals surface area contributed by atoms with Crippen LogP contribution in [0.15, 0.2) is 90.1 Å². The van der Waals surface area contributed by atoms with Crippen LogP contribution in [0.5, 0.6) is 0 Å². The summed E-state index contributed by atoms with van der Waals surface area (Å²) in [4.78, 5) is 31.8. The molecule has 3 N–H and O–H groups in total. The molecule has 0 radical (unpaired) electrons. The molecule has 0 saturated carbocycles. The molecule has 10 nitrogen and oxygen atoms in total. The van der Waals surface area contributed by atoms with Crippen LogP contribution in [0.4, 0.5) is 5.69 Å². The van der Waals surface area contributed by atoms with Crippen molar-refractivity contribution in [1.29, 1.82) is 0 Å². The van der Waals surface area contributed by atoms with Crippen molar-refractivity contribution in [2.24, 2.45) is 0 Å². The van der Waals surface area contributed by atoms with E-state index in [1.807, 2.05) is 30.3 Å². The van der Waals surface area contributed by atoms with Gasteiger partial charge in [0, 0.05) is 28.8 Å². The molecule has 42 heavy (non-hydrogen) atoms. The number of hydrogen-bond donors (Lipinski definition) is 3. The molecule has 2 aromatic heterocycles. The Hall–Kier alpha value is -4.00. The lowest BCUT2D eigenvalue weighted by atomic mass is 10.0. The maximum absolute atomic E-state index is 13.7. The lowest BCUT2D eigenvalue weighted by Crippen LogP contribution is -2.34. The molecule has 1 amide bonds. The van der Waals surface area contributed by atoms with Crippen molar-refractivity contribution >= 4 is 45.4 Å². The zero-order valence-electron chi connectivity index (χ0n) is 21.9. The third kappa shape index (κ3) is 5.96. The van der Waals surface area contributed by atoms with Crippen molar-refractivity contribution in [1.82, 2.24) is 24.5 Å². The van der Waals surface area contributed by atoms with Gasteiger partial charge in [0.25, 0.3) is 5.56 Å². The van der Waals surface area contributed by atoms with Crippen molar-refractivity contribution in [3.63, 3.8) is 0 Å². The molecule has 1 aliphatic rings. The minimum atomic E-state index is -2.70. The number of benzene rings is 3. The third-order valence-corrected chi connectivity index (χ3v) is 8.90. The second-order valence-corrected chi connectivity index (χ2v) is 12.9. The summed E-state index contributed by atoms with van der Waals surface area (Å²) in [6.45, 7) is 0. The lowest BCUT2D eigenvalue weighted by Gasteiger charge is -2.25. The first-order valence-electron chi connectivity index (χ1n) is 12.8. The Kier molecular flexibility index (Phi) is 7.60. The van der Waals surface area contributed by atoms with Crippen LogP contribution >= 0.6 is 33.8 Å². The molecule has 1 aliphatic heterocycles. The molecule has 0 aliphatic carbocycles. The van der Waals surface area contributed by atoms with Gasteiger partial charge in [-0.05, 0) is 47.0 Å². The van der Waals surface area contributed by atoms with Crippen LogP contribution in [0.2, 0.25) is 10.2 Å². The fourth-order valence-corrected chi connectivity index (χ4v) is 6.92. The van der Waals surface area contributed by atoms with Gasteiger partial charge in [0.2, 0.25) is 5.91 Å². The normalized spacial score (nSPS) is 15.1. The molecule has 3 heterocycles. The predicted octanol–water partition coefficient (Wildman–Crippen LogP) is 5.98. The van der Waals surface area contributed by atoms with Gasteiger partial charge in [0.05, 0.1) is 35.4 Å². The molecule has 5 aromatic rings. The van der Waals surface area contributed by atoms with Crippen LogP contribution in [0, 0.1) is 0 Å². The summed E-state index contributed by atoms with van der Waals surface area (Å²) in [5.74, 6) is -0.0593. The molecule has 0 fully saturated rings. The van der Waals surface area contributed by atoms with E-state index in [4.69, 9.17) is 23.2 Å². The number of amides is 1. The second kappa shape index (κ2) is 11.3. The Bertz CT molecular complexity index is 1860. The SMILES string of the molecule is O=C(Nc1ccc2c(c1)CS(O)(O)C2)C(Cc1ccccc1)n1cnc(-c2cc(Cl)ccc2-n2cc(Cl)nn2)cc1=O. The molecule has 1 unspecified atom stereocenters. The highest BCUT2D eigenvalue weighted by molar-refractivity contribution is 8.23. The first-order chi connectivity index (χ1) is 20.1. The largest absolute Gasteiger partial charge is 0.324 e. The van der Waals surface area contributed by atoms with Gasteiger partial charge in [-0.1, -0.05) is 64.8 Å². The molecule has 1 atom stereocenters. The van der Waals surface area contributed by atoms with Gasteiger partial charge in [0.1, 0.15) is 6.04 Å². The van der Waals surface area contributed by atoms with E-state index >= 15 is 0 Å². The van der Waals surface area contributed by atoms with Crippen LogP contribution in [-0.4, -0.2) is 39.6 Å². The maximum atomic E-state index is 13.7. The number of rotatable bonds is 7. The predicted molar refractivity (Wildman–Crippen MR) is 163 cm³/mol. The molecule has 214 valence electrons. The number of nitrogens with zero attached hydrogens (tertiary/aromatic N) is 5. The van der Waals surface area contributed by atoms with Gasteiger partial charge in [-0.25, -0.2) is 9.67 Å². The van der Waals surface area contributed by atoms with Gasteiger partial charge >= 0.3 is 0 Å². The molecule has 0 bridgehead atoms. The Labute approximate surface area is 251 Å². The van der Waals surface area contributed by atoms with Crippen LogP contribution in [0.25, 0.3) is 16.9 Å². The van der Waals surface area contributed by atoms with E-state index in [9.17, 15) is 18.7 Å². The molecule has 6 rings (SSSR count). The molecular formula is C29H24Cl2N6O4S. The van der Waals surface area contributed by atoms with Crippen molar-refractivity contribution in [2.45, 2.75) is 24.0 Å². The summed E-state index contributed by atoms with van der Waals surface area (Å²) < 4.78 is 23.0. The fraction of sp³-hybridized carbons (Fsp3) is 0.138. The standard InChI is InChI=1S/C29H24Cl2N6O4S/c30-21-7-9-25(37-14-27(31)34-35-37)23(12-21)24-13-28(38)36(17-32-24)26(10-18-4-2-1-3-5-18)29(39)33-22-8-6-19-15-42(40,41)16-20(19)11-22/h1-9,11-14,17,26,40-41H,10,15-16H2,(H,33,39). The van der Waals surface area contributed by atoms with Crippen LogP contribution < -0.4 is 10.9 Å². The summed E-state index contributed by atoms with van der Waals surface area (Å²) in [6.07, 6.45) is 3.11. The Morgan fingerprint density at radius 2 is 1.79 bits per heavy atom. The average molecular weight is 624 g/mol. The van der Waals surface area contributed by atoms with Gasteiger partial charge in [-0.3, -0.25) is 23.3 Å². The quantitative estimate of drug-likeness (QED) is 0.203. The van der Waals surface area contributed by atoms with E-state index in [1.54, 1.807) is 36.4 Å². The zero-order valence-corrected chi connectivity index (χ0v) is 24.2. The average Bonchev–Trinajstić information content (AvgIpc) is 3.53. The Morgan fingerprint density at radius 1 is 1.00 bits per heavy atom. The molecule has 0 spiro atoms. The van der Waals surface area contributed by atoms with E-state index in [1.165, 1.54) is 27.8 Å². The van der Waals surface area contributed by atoms with E-state index in [-0.39, 0.29) is 23.1 Å². The Balaban J connectivity index is 1.35. The van der Waals surface area contributed by atoms with Gasteiger partial charge in [-0.2, -0.15) is 10.6 Å². The van der Waals surface area contributed by atoms with E-state index in [2.05, 4.69) is 20.6 Å². The van der Waals surface area contributed by atoms with Crippen molar-refractivity contribution < 1.29 is 13.9 Å². The molecule has 13 heteroatoms. The Morgan fingerprint density at radius 3 is 2.52 bits per heavy atom. The monoisotopic (exact) mass is 622 g/mol. The summed E-state index contributed by atoms with van der Waals surface area (Å²) in [7, 11) is -2.70. The van der Waals surface area contributed by atoms with Crippen LogP contribution in [0.1, 0.15) is 22.7 Å². The number of halogens is 2. The van der Waals surface area contributed by atoms with Gasteiger partial charge in [0.15, 0.2) is 5.15 Å². The van der Waals surface area contributed by atoms with E-state index < -0.39 is 28.1 Å². The highest BCUT2D eigenvalue weighted by atomic mass is 35.5. The van der Waals surface area contributed by atoms with Crippen molar-refractivity contribution in [3.05, 3.63) is 123 Å².